The van der Waals surface area contributed by atoms with Gasteiger partial charge in [-0.2, -0.15) is 0 Å². The van der Waals surface area contributed by atoms with Gasteiger partial charge in [0.25, 0.3) is 0 Å². The minimum Gasteiger partial charge on any atom is -1.00 e. The second-order valence-electron chi connectivity index (χ2n) is 9.11. The van der Waals surface area contributed by atoms with Gasteiger partial charge in [0, 0.05) is 7.26 Å². The van der Waals surface area contributed by atoms with E-state index in [2.05, 4.69) is 69.2 Å². The van der Waals surface area contributed by atoms with E-state index in [1.807, 2.05) is 0 Å². The molecule has 0 aliphatic heterocycles. The van der Waals surface area contributed by atoms with Crippen LogP contribution in [0.15, 0.2) is 0 Å². The van der Waals surface area contributed by atoms with Gasteiger partial charge in [0.2, 0.25) is 0 Å². The van der Waals surface area contributed by atoms with E-state index < -0.39 is 7.26 Å². The van der Waals surface area contributed by atoms with Crippen LogP contribution in [0, 0.1) is 0 Å². The van der Waals surface area contributed by atoms with Gasteiger partial charge in [-0.1, -0.05) is 19.8 Å². The smallest absolute Gasteiger partial charge is 0.0725 e. The molecule has 0 saturated heterocycles. The molecule has 0 aromatic rings. The largest absolute Gasteiger partial charge is 1.00 e. The first kappa shape index (κ1) is 23.4. The third-order valence-electron chi connectivity index (χ3n) is 4.78. The van der Waals surface area contributed by atoms with Gasteiger partial charge in [-0.25, -0.2) is 0 Å². The van der Waals surface area contributed by atoms with Gasteiger partial charge >= 0.3 is 0 Å². The molecule has 0 aromatic carbocycles. The van der Waals surface area contributed by atoms with Crippen LogP contribution >= 0.6 is 7.26 Å². The lowest BCUT2D eigenvalue weighted by Crippen LogP contribution is -3.00. The first-order chi connectivity index (χ1) is 8.31. The van der Waals surface area contributed by atoms with Crippen molar-refractivity contribution in [3.05, 3.63) is 0 Å². The average Bonchev–Trinajstić information content (AvgIpc) is 2.10. The molecule has 2 heteroatoms. The van der Waals surface area contributed by atoms with Crippen LogP contribution in [0.3, 0.4) is 0 Å². The predicted octanol–water partition coefficient (Wildman–Crippen LogP) is 3.98. The Bertz CT molecular complexity index is 227. The fraction of sp³-hybridized carbons (Fsp3) is 1.00. The summed E-state index contributed by atoms with van der Waals surface area (Å²) in [4.78, 5) is 0. The van der Waals surface area contributed by atoms with Gasteiger partial charge in [-0.15, -0.1) is 0 Å². The number of hydrogen-bond donors (Lipinski definition) is 0. The van der Waals surface area contributed by atoms with Crippen molar-refractivity contribution in [2.75, 3.05) is 6.16 Å². The van der Waals surface area contributed by atoms with E-state index in [0.717, 1.165) is 0 Å². The summed E-state index contributed by atoms with van der Waals surface area (Å²) in [7, 11) is -1.09. The van der Waals surface area contributed by atoms with Crippen LogP contribution in [0.4, 0.5) is 0 Å². The first-order valence-corrected chi connectivity index (χ1v) is 10.2. The topological polar surface area (TPSA) is 0 Å². The highest BCUT2D eigenvalue weighted by Gasteiger charge is 2.63. The van der Waals surface area contributed by atoms with Gasteiger partial charge in [-0.3, -0.25) is 0 Å². The van der Waals surface area contributed by atoms with Crippen molar-refractivity contribution >= 4 is 7.26 Å². The molecule has 0 aliphatic carbocycles. The molecule has 0 aromatic heterocycles. The lowest BCUT2D eigenvalue weighted by Gasteiger charge is -2.54. The third kappa shape index (κ3) is 5.11. The van der Waals surface area contributed by atoms with Crippen LogP contribution < -0.4 is 24.0 Å². The number of rotatable bonds is 5. The lowest BCUT2D eigenvalue weighted by atomic mass is 10.2. The second kappa shape index (κ2) is 8.14. The normalized spacial score (nSPS) is 14.1. The number of hydrogen-bond acceptors (Lipinski definition) is 0. The summed E-state index contributed by atoms with van der Waals surface area (Å²) < 4.78 is 0. The molecule has 20 heavy (non-hydrogen) atoms. The summed E-state index contributed by atoms with van der Waals surface area (Å²) in [6, 6.07) is 0. The summed E-state index contributed by atoms with van der Waals surface area (Å²) in [6.07, 6.45) is 7.04. The van der Waals surface area contributed by atoms with Gasteiger partial charge < -0.3 is 24.0 Å². The summed E-state index contributed by atoms with van der Waals surface area (Å²) in [5.41, 5.74) is 0. The molecule has 0 fully saturated rings. The van der Waals surface area contributed by atoms with Crippen molar-refractivity contribution in [3.63, 3.8) is 0 Å². The zero-order valence-electron chi connectivity index (χ0n) is 15.9. The standard InChI is InChI=1S/C18H40P.HI/c1-11-12-13-14-15-19(16(2,3)4,17(5,6)7)18(8,9)10;/h11-15H2,1-10H3;1H/q+1;/p-1. The average molecular weight is 414 g/mol. The van der Waals surface area contributed by atoms with Gasteiger partial charge in [0.1, 0.15) is 0 Å². The van der Waals surface area contributed by atoms with Crippen molar-refractivity contribution in [3.8, 4) is 0 Å². The second-order valence-corrected chi connectivity index (χ2v) is 15.2. The van der Waals surface area contributed by atoms with E-state index in [-0.39, 0.29) is 24.0 Å². The molecule has 0 spiro atoms. The minimum atomic E-state index is -1.09. The number of halogens is 1. The molecular formula is C18H40IP. The van der Waals surface area contributed by atoms with Crippen LogP contribution in [0.1, 0.15) is 94.9 Å². The molecule has 0 N–H and O–H groups in total. The van der Waals surface area contributed by atoms with Crippen LogP contribution in [0.25, 0.3) is 0 Å². The van der Waals surface area contributed by atoms with Crippen LogP contribution in [-0.2, 0) is 0 Å². The zero-order valence-corrected chi connectivity index (χ0v) is 18.9. The highest BCUT2D eigenvalue weighted by molar-refractivity contribution is 7.80. The number of unbranched alkanes of at least 4 members (excludes halogenated alkanes) is 3. The van der Waals surface area contributed by atoms with Crippen LogP contribution in [0.2, 0.25) is 0 Å². The Balaban J connectivity index is 0. The van der Waals surface area contributed by atoms with Crippen LogP contribution in [0.5, 0.6) is 0 Å². The van der Waals surface area contributed by atoms with Gasteiger partial charge in [-0.05, 0) is 75.2 Å². The molecule has 0 amide bonds. The van der Waals surface area contributed by atoms with E-state index in [1.54, 1.807) is 0 Å². The SMILES string of the molecule is CCCCCC[P+](C(C)(C)C)(C(C)(C)C)C(C)(C)C.[I-]. The summed E-state index contributed by atoms with van der Waals surface area (Å²) in [5.74, 6) is 0. The molecule has 0 aliphatic rings. The molecule has 0 nitrogen and oxygen atoms in total. The summed E-state index contributed by atoms with van der Waals surface area (Å²) in [6.45, 7) is 24.8. The van der Waals surface area contributed by atoms with E-state index >= 15 is 0 Å². The molecule has 0 saturated carbocycles. The zero-order chi connectivity index (χ0) is 15.5. The van der Waals surface area contributed by atoms with Crippen molar-refractivity contribution < 1.29 is 24.0 Å². The molecule has 124 valence electrons. The van der Waals surface area contributed by atoms with Gasteiger partial charge in [0.05, 0.1) is 21.6 Å². The third-order valence-corrected chi connectivity index (χ3v) is 12.6. The van der Waals surface area contributed by atoms with Crippen LogP contribution in [-0.4, -0.2) is 21.6 Å². The Labute approximate surface area is 147 Å². The van der Waals surface area contributed by atoms with Crippen molar-refractivity contribution in [1.29, 1.82) is 0 Å². The Kier molecular flexibility index (Phi) is 9.53. The van der Waals surface area contributed by atoms with E-state index in [0.29, 0.717) is 15.5 Å². The molecule has 0 bridgehead atoms. The first-order valence-electron chi connectivity index (χ1n) is 8.19. The van der Waals surface area contributed by atoms with Crippen molar-refractivity contribution in [2.45, 2.75) is 110 Å². The fourth-order valence-electron chi connectivity index (χ4n) is 4.80. The minimum absolute atomic E-state index is 0. The van der Waals surface area contributed by atoms with Crippen molar-refractivity contribution in [2.24, 2.45) is 0 Å². The maximum atomic E-state index is 2.50. The van der Waals surface area contributed by atoms with E-state index in [9.17, 15) is 0 Å². The van der Waals surface area contributed by atoms with E-state index in [1.165, 1.54) is 31.8 Å². The van der Waals surface area contributed by atoms with Crippen molar-refractivity contribution in [1.82, 2.24) is 0 Å². The maximum Gasteiger partial charge on any atom is 0.0725 e. The highest BCUT2D eigenvalue weighted by Crippen LogP contribution is 2.83. The van der Waals surface area contributed by atoms with E-state index in [4.69, 9.17) is 0 Å². The quantitative estimate of drug-likeness (QED) is 0.363. The monoisotopic (exact) mass is 414 g/mol. The molecule has 0 rings (SSSR count). The fourth-order valence-corrected chi connectivity index (χ4v) is 13.5. The molecule has 0 radical (unpaired) electrons. The Morgan fingerprint density at radius 1 is 0.600 bits per heavy atom. The Hall–Kier alpha value is 1.16. The summed E-state index contributed by atoms with van der Waals surface area (Å²) >= 11 is 0. The summed E-state index contributed by atoms with van der Waals surface area (Å²) in [5, 5.41) is 1.32. The Morgan fingerprint density at radius 3 is 1.20 bits per heavy atom. The molecule has 0 atom stereocenters. The molecule has 0 unspecified atom stereocenters. The maximum absolute atomic E-state index is 2.50. The van der Waals surface area contributed by atoms with Gasteiger partial charge in [0.15, 0.2) is 0 Å². The lowest BCUT2D eigenvalue weighted by molar-refractivity contribution is -0.00000536. The highest BCUT2D eigenvalue weighted by atomic mass is 127. The predicted molar refractivity (Wildman–Crippen MR) is 95.2 cm³/mol. The molecule has 0 heterocycles. The molecular weight excluding hydrogens is 374 g/mol. The Morgan fingerprint density at radius 2 is 0.950 bits per heavy atom.